The monoisotopic (exact) mass is 645 g/mol. The Hall–Kier alpha value is -4.32. The van der Waals surface area contributed by atoms with Gasteiger partial charge in [-0.25, -0.2) is 19.7 Å². The van der Waals surface area contributed by atoms with Gasteiger partial charge in [-0.1, -0.05) is 42.5 Å². The van der Waals surface area contributed by atoms with E-state index in [2.05, 4.69) is 27.5 Å². The molecule has 0 spiro atoms. The van der Waals surface area contributed by atoms with E-state index in [0.29, 0.717) is 32.7 Å². The number of imide groups is 1. The Morgan fingerprint density at radius 1 is 0.696 bits per heavy atom. The molecule has 0 saturated carbocycles. The fraction of sp³-hybridized carbons (Fsp3) is 0.529. The van der Waals surface area contributed by atoms with Crippen molar-refractivity contribution in [1.82, 2.24) is 16.0 Å². The van der Waals surface area contributed by atoms with Crippen molar-refractivity contribution in [2.24, 2.45) is 0 Å². The van der Waals surface area contributed by atoms with Gasteiger partial charge in [-0.05, 0) is 84.1 Å². The first-order chi connectivity index (χ1) is 21.7. The number of carbonyl (C=O) groups excluding carboxylic acids is 4. The fourth-order valence-electron chi connectivity index (χ4n) is 3.52. The molecule has 0 fully saturated rings. The highest BCUT2D eigenvalue weighted by Gasteiger charge is 2.22. The average molecular weight is 646 g/mol. The lowest BCUT2D eigenvalue weighted by atomic mass is 10.1. The Bertz CT molecular complexity index is 1150. The number of hydrogen-bond acceptors (Lipinski definition) is 10. The topological polar surface area (TPSA) is 151 Å². The zero-order valence-corrected chi connectivity index (χ0v) is 28.2. The lowest BCUT2D eigenvalue weighted by Crippen LogP contribution is -2.39. The third kappa shape index (κ3) is 22.2. The average Bonchev–Trinajstić information content (AvgIpc) is 2.97. The standard InChI is InChI=1S/C24H32N2O5.C10H19NO4/c1-29-23(27)14-16-25-17-18-30-22-12-10-20(11-13-22)7-5-6-15-26-24(28)31-19-21-8-3-2-4-9-21;1-9(2,3)14-7(12)11-8(13)15-10(4,5)6/h2-4,8-13,25H,5-7,14-19H2,1H3,(H,26,28);1-6H3,(H,11,12,13). The maximum absolute atomic E-state index is 11.7. The Morgan fingerprint density at radius 2 is 1.30 bits per heavy atom. The molecule has 0 heterocycles. The van der Waals surface area contributed by atoms with E-state index >= 15 is 0 Å². The van der Waals surface area contributed by atoms with Crippen LogP contribution in [0.3, 0.4) is 0 Å². The first kappa shape index (κ1) is 39.7. The van der Waals surface area contributed by atoms with Crippen LogP contribution >= 0.6 is 0 Å². The summed E-state index contributed by atoms with van der Waals surface area (Å²) in [6, 6.07) is 17.7. The number of hydrogen-bond donors (Lipinski definition) is 3. The van der Waals surface area contributed by atoms with Crippen molar-refractivity contribution in [3.05, 3.63) is 65.7 Å². The van der Waals surface area contributed by atoms with E-state index in [1.807, 2.05) is 47.8 Å². The number of carbonyl (C=O) groups is 4. The van der Waals surface area contributed by atoms with Gasteiger partial charge < -0.3 is 34.3 Å². The van der Waals surface area contributed by atoms with Gasteiger partial charge in [0, 0.05) is 19.6 Å². The summed E-state index contributed by atoms with van der Waals surface area (Å²) in [5, 5.41) is 7.88. The summed E-state index contributed by atoms with van der Waals surface area (Å²) in [7, 11) is 1.39. The molecule has 3 N–H and O–H groups in total. The fourth-order valence-corrected chi connectivity index (χ4v) is 3.52. The number of methoxy groups -OCH3 is 1. The van der Waals surface area contributed by atoms with Gasteiger partial charge in [-0.2, -0.15) is 0 Å². The van der Waals surface area contributed by atoms with Crippen molar-refractivity contribution in [1.29, 1.82) is 0 Å². The molecule has 0 aliphatic rings. The minimum Gasteiger partial charge on any atom is -0.492 e. The third-order valence-electron chi connectivity index (χ3n) is 5.58. The lowest BCUT2D eigenvalue weighted by molar-refractivity contribution is -0.140. The second kappa shape index (κ2) is 21.4. The number of amides is 3. The molecule has 256 valence electrons. The van der Waals surface area contributed by atoms with Crippen LogP contribution in [0.2, 0.25) is 0 Å². The van der Waals surface area contributed by atoms with Crippen LogP contribution < -0.4 is 20.7 Å². The van der Waals surface area contributed by atoms with Crippen LogP contribution in [0.15, 0.2) is 54.6 Å². The number of aryl methyl sites for hydroxylation is 1. The predicted molar refractivity (Wildman–Crippen MR) is 175 cm³/mol. The molecule has 2 aromatic carbocycles. The van der Waals surface area contributed by atoms with Crippen LogP contribution in [0.25, 0.3) is 0 Å². The molecule has 46 heavy (non-hydrogen) atoms. The van der Waals surface area contributed by atoms with E-state index in [9.17, 15) is 19.2 Å². The lowest BCUT2D eigenvalue weighted by Gasteiger charge is -2.21. The minimum absolute atomic E-state index is 0.220. The van der Waals surface area contributed by atoms with Gasteiger partial charge in [0.15, 0.2) is 0 Å². The van der Waals surface area contributed by atoms with Crippen LogP contribution in [-0.2, 0) is 36.8 Å². The van der Waals surface area contributed by atoms with Crippen molar-refractivity contribution in [2.75, 3.05) is 33.4 Å². The van der Waals surface area contributed by atoms with Gasteiger partial charge in [-0.3, -0.25) is 4.79 Å². The van der Waals surface area contributed by atoms with Gasteiger partial charge in [0.1, 0.15) is 30.2 Å². The summed E-state index contributed by atoms with van der Waals surface area (Å²) in [4.78, 5) is 44.9. The summed E-state index contributed by atoms with van der Waals surface area (Å²) in [6.07, 6.45) is 1.16. The van der Waals surface area contributed by atoms with E-state index in [1.54, 1.807) is 41.5 Å². The smallest absolute Gasteiger partial charge is 0.417 e. The summed E-state index contributed by atoms with van der Waals surface area (Å²) in [6.45, 7) is 12.9. The molecular weight excluding hydrogens is 594 g/mol. The van der Waals surface area contributed by atoms with Crippen LogP contribution in [-0.4, -0.2) is 68.8 Å². The molecule has 0 unspecified atom stereocenters. The molecule has 2 aromatic rings. The van der Waals surface area contributed by atoms with Crippen LogP contribution in [0.1, 0.15) is 71.9 Å². The summed E-state index contributed by atoms with van der Waals surface area (Å²) < 4.78 is 25.2. The van der Waals surface area contributed by atoms with Crippen molar-refractivity contribution in [3.8, 4) is 5.75 Å². The zero-order chi connectivity index (χ0) is 34.4. The SMILES string of the molecule is CC(C)(C)OC(=O)NC(=O)OC(C)(C)C.COC(=O)CCNCCOc1ccc(CCCCNC(=O)OCc2ccccc2)cc1. The molecule has 12 nitrogen and oxygen atoms in total. The highest BCUT2D eigenvalue weighted by Crippen LogP contribution is 2.14. The molecule has 0 bridgehead atoms. The molecule has 0 atom stereocenters. The molecular formula is C34H51N3O9. The van der Waals surface area contributed by atoms with Gasteiger partial charge in [0.25, 0.3) is 0 Å². The maximum atomic E-state index is 11.7. The van der Waals surface area contributed by atoms with Crippen molar-refractivity contribution >= 4 is 24.2 Å². The normalized spacial score (nSPS) is 10.8. The van der Waals surface area contributed by atoms with E-state index in [-0.39, 0.29) is 18.7 Å². The maximum Gasteiger partial charge on any atom is 0.417 e. The van der Waals surface area contributed by atoms with Crippen molar-refractivity contribution in [3.63, 3.8) is 0 Å². The van der Waals surface area contributed by atoms with E-state index in [0.717, 1.165) is 30.6 Å². The van der Waals surface area contributed by atoms with Gasteiger partial charge in [0.05, 0.1) is 13.5 Å². The first-order valence-electron chi connectivity index (χ1n) is 15.3. The number of alkyl carbamates (subject to hydrolysis) is 3. The largest absolute Gasteiger partial charge is 0.492 e. The van der Waals surface area contributed by atoms with Gasteiger partial charge in [0.2, 0.25) is 0 Å². The van der Waals surface area contributed by atoms with E-state index in [4.69, 9.17) is 18.9 Å². The number of esters is 1. The molecule has 0 saturated heterocycles. The van der Waals surface area contributed by atoms with Crippen LogP contribution in [0, 0.1) is 0 Å². The second-order valence-corrected chi connectivity index (χ2v) is 12.1. The molecule has 3 amide bonds. The van der Waals surface area contributed by atoms with Crippen molar-refractivity contribution in [2.45, 2.75) is 85.0 Å². The molecule has 0 aliphatic carbocycles. The highest BCUT2D eigenvalue weighted by molar-refractivity contribution is 5.87. The van der Waals surface area contributed by atoms with Crippen molar-refractivity contribution < 1.29 is 42.9 Å². The molecule has 0 aromatic heterocycles. The minimum atomic E-state index is -0.809. The number of unbranched alkanes of at least 4 members (excludes halogenated alkanes) is 1. The predicted octanol–water partition coefficient (Wildman–Crippen LogP) is 5.91. The van der Waals surface area contributed by atoms with E-state index in [1.165, 1.54) is 12.7 Å². The van der Waals surface area contributed by atoms with Gasteiger partial charge >= 0.3 is 24.2 Å². The Kier molecular flexibility index (Phi) is 18.5. The Morgan fingerprint density at radius 3 is 1.87 bits per heavy atom. The summed E-state index contributed by atoms with van der Waals surface area (Å²) in [5.74, 6) is 0.601. The van der Waals surface area contributed by atoms with E-state index < -0.39 is 23.4 Å². The quantitative estimate of drug-likeness (QED) is 0.128. The summed E-state index contributed by atoms with van der Waals surface area (Å²) in [5.41, 5.74) is 0.938. The third-order valence-corrected chi connectivity index (χ3v) is 5.58. The van der Waals surface area contributed by atoms with Crippen LogP contribution in [0.5, 0.6) is 5.75 Å². The molecule has 2 rings (SSSR count). The number of rotatable bonds is 14. The second-order valence-electron chi connectivity index (χ2n) is 12.1. The molecule has 12 heteroatoms. The van der Waals surface area contributed by atoms with Crippen LogP contribution in [0.4, 0.5) is 14.4 Å². The zero-order valence-electron chi connectivity index (χ0n) is 28.2. The number of benzene rings is 2. The Labute approximate surface area is 272 Å². The number of nitrogens with one attached hydrogen (secondary N) is 3. The number of ether oxygens (including phenoxy) is 5. The first-order valence-corrected chi connectivity index (χ1v) is 15.3. The molecule has 0 radical (unpaired) electrons. The van der Waals surface area contributed by atoms with Gasteiger partial charge in [-0.15, -0.1) is 0 Å². The summed E-state index contributed by atoms with van der Waals surface area (Å²) >= 11 is 0. The highest BCUT2D eigenvalue weighted by atomic mass is 16.6. The Balaban J connectivity index is 0.000000595. The molecule has 0 aliphatic heterocycles.